The highest BCUT2D eigenvalue weighted by atomic mass is 19.4. The molecule has 18 heavy (non-hydrogen) atoms. The second-order valence-corrected chi connectivity index (χ2v) is 6.52. The van der Waals surface area contributed by atoms with Gasteiger partial charge in [-0.25, -0.2) is 0 Å². The molecule has 0 aromatic heterocycles. The van der Waals surface area contributed by atoms with Crippen molar-refractivity contribution < 1.29 is 23.1 Å². The highest BCUT2D eigenvalue weighted by Gasteiger charge is 2.50. The fourth-order valence-electron chi connectivity index (χ4n) is 2.89. The molecule has 1 aliphatic rings. The first-order valence-electron chi connectivity index (χ1n) is 6.26. The van der Waals surface area contributed by atoms with Crippen LogP contribution in [0.2, 0.25) is 0 Å². The number of aliphatic carboxylic acids is 1. The van der Waals surface area contributed by atoms with Crippen molar-refractivity contribution in [3.8, 4) is 0 Å². The zero-order valence-electron chi connectivity index (χ0n) is 11.1. The lowest BCUT2D eigenvalue weighted by molar-refractivity contribution is -0.184. The van der Waals surface area contributed by atoms with Gasteiger partial charge in [0.1, 0.15) is 0 Å². The summed E-state index contributed by atoms with van der Waals surface area (Å²) in [4.78, 5) is 11.2. The van der Waals surface area contributed by atoms with Gasteiger partial charge in [0.15, 0.2) is 0 Å². The molecule has 0 aromatic carbocycles. The standard InChI is InChI=1S/C13H21F3O2/c1-11(2,3)9-4-6-12(7-5-9,10(17)18)8-13(14,15)16/h9H,4-8H2,1-3H3,(H,17,18). The van der Waals surface area contributed by atoms with E-state index in [4.69, 9.17) is 5.11 Å². The van der Waals surface area contributed by atoms with Crippen LogP contribution in [0, 0.1) is 16.7 Å². The third-order valence-corrected chi connectivity index (χ3v) is 4.16. The van der Waals surface area contributed by atoms with Crippen molar-refractivity contribution in [2.24, 2.45) is 16.7 Å². The first-order valence-corrected chi connectivity index (χ1v) is 6.26. The molecule has 2 nitrogen and oxygen atoms in total. The topological polar surface area (TPSA) is 37.3 Å². The SMILES string of the molecule is CC(C)(C)C1CCC(CC(F)(F)F)(C(=O)O)CC1. The van der Waals surface area contributed by atoms with Crippen LogP contribution in [-0.2, 0) is 4.79 Å². The van der Waals surface area contributed by atoms with E-state index >= 15 is 0 Å². The van der Waals surface area contributed by atoms with E-state index in [0.29, 0.717) is 18.8 Å². The van der Waals surface area contributed by atoms with Crippen LogP contribution in [0.3, 0.4) is 0 Å². The summed E-state index contributed by atoms with van der Waals surface area (Å²) in [7, 11) is 0. The summed E-state index contributed by atoms with van der Waals surface area (Å²) in [6, 6.07) is 0. The lowest BCUT2D eigenvalue weighted by atomic mass is 9.63. The maximum absolute atomic E-state index is 12.5. The van der Waals surface area contributed by atoms with Gasteiger partial charge in [0.25, 0.3) is 0 Å². The molecular formula is C13H21F3O2. The molecule has 106 valence electrons. The predicted molar refractivity (Wildman–Crippen MR) is 62.2 cm³/mol. The second-order valence-electron chi connectivity index (χ2n) is 6.52. The van der Waals surface area contributed by atoms with E-state index in [1.807, 2.05) is 0 Å². The maximum atomic E-state index is 12.5. The monoisotopic (exact) mass is 266 g/mol. The van der Waals surface area contributed by atoms with Gasteiger partial charge in [-0.3, -0.25) is 4.79 Å². The molecule has 0 radical (unpaired) electrons. The van der Waals surface area contributed by atoms with Gasteiger partial charge in [-0.2, -0.15) is 13.2 Å². The third kappa shape index (κ3) is 3.62. The van der Waals surface area contributed by atoms with Gasteiger partial charge in [-0.05, 0) is 37.0 Å². The van der Waals surface area contributed by atoms with Gasteiger partial charge < -0.3 is 5.11 Å². The van der Waals surface area contributed by atoms with Gasteiger partial charge in [0.2, 0.25) is 0 Å². The number of carboxylic acids is 1. The summed E-state index contributed by atoms with van der Waals surface area (Å²) in [6.45, 7) is 6.15. The van der Waals surface area contributed by atoms with Crippen LogP contribution in [0.4, 0.5) is 13.2 Å². The van der Waals surface area contributed by atoms with Crippen molar-refractivity contribution in [2.45, 2.75) is 59.1 Å². The van der Waals surface area contributed by atoms with Crippen LogP contribution in [0.15, 0.2) is 0 Å². The van der Waals surface area contributed by atoms with Crippen molar-refractivity contribution in [2.75, 3.05) is 0 Å². The van der Waals surface area contributed by atoms with Crippen LogP contribution in [0.5, 0.6) is 0 Å². The minimum absolute atomic E-state index is 0.0307. The lowest BCUT2D eigenvalue weighted by Crippen LogP contribution is -2.41. The average Bonchev–Trinajstić information content (AvgIpc) is 2.13. The number of alkyl halides is 3. The summed E-state index contributed by atoms with van der Waals surface area (Å²) >= 11 is 0. The molecule has 0 spiro atoms. The Labute approximate surface area is 106 Å². The molecular weight excluding hydrogens is 245 g/mol. The molecule has 0 unspecified atom stereocenters. The molecule has 1 rings (SSSR count). The van der Waals surface area contributed by atoms with Gasteiger partial charge in [0.05, 0.1) is 11.8 Å². The number of carbonyl (C=O) groups is 1. The summed E-state index contributed by atoms with van der Waals surface area (Å²) in [5.74, 6) is -0.995. The van der Waals surface area contributed by atoms with Crippen molar-refractivity contribution >= 4 is 5.97 Å². The van der Waals surface area contributed by atoms with Crippen LogP contribution in [-0.4, -0.2) is 17.3 Å². The van der Waals surface area contributed by atoms with Gasteiger partial charge in [-0.15, -0.1) is 0 Å². The molecule has 0 bridgehead atoms. The largest absolute Gasteiger partial charge is 0.481 e. The van der Waals surface area contributed by atoms with E-state index in [-0.39, 0.29) is 18.3 Å². The first kappa shape index (κ1) is 15.3. The van der Waals surface area contributed by atoms with E-state index in [0.717, 1.165) is 0 Å². The Balaban J connectivity index is 2.78. The van der Waals surface area contributed by atoms with Gasteiger partial charge in [0, 0.05) is 0 Å². The fraction of sp³-hybridized carbons (Fsp3) is 0.923. The Morgan fingerprint density at radius 1 is 1.22 bits per heavy atom. The maximum Gasteiger partial charge on any atom is 0.390 e. The van der Waals surface area contributed by atoms with E-state index in [1.165, 1.54) is 0 Å². The zero-order valence-corrected chi connectivity index (χ0v) is 11.1. The molecule has 0 saturated heterocycles. The van der Waals surface area contributed by atoms with E-state index in [9.17, 15) is 18.0 Å². The van der Waals surface area contributed by atoms with Crippen LogP contribution in [0.25, 0.3) is 0 Å². The summed E-state index contributed by atoms with van der Waals surface area (Å²) in [5.41, 5.74) is -1.57. The zero-order chi connectivity index (χ0) is 14.2. The van der Waals surface area contributed by atoms with Crippen LogP contribution >= 0.6 is 0 Å². The van der Waals surface area contributed by atoms with E-state index < -0.39 is 24.0 Å². The quantitative estimate of drug-likeness (QED) is 0.811. The Morgan fingerprint density at radius 3 is 1.94 bits per heavy atom. The Hall–Kier alpha value is -0.740. The van der Waals surface area contributed by atoms with Crippen molar-refractivity contribution in [3.63, 3.8) is 0 Å². The second kappa shape index (κ2) is 4.74. The molecule has 0 aliphatic heterocycles. The molecule has 0 aromatic rings. The number of carboxylic acid groups (broad SMARTS) is 1. The number of rotatable bonds is 2. The van der Waals surface area contributed by atoms with Crippen molar-refractivity contribution in [3.05, 3.63) is 0 Å². The minimum Gasteiger partial charge on any atom is -0.481 e. The Kier molecular flexibility index (Phi) is 4.03. The average molecular weight is 266 g/mol. The number of hydrogen-bond donors (Lipinski definition) is 1. The number of hydrogen-bond acceptors (Lipinski definition) is 1. The molecule has 0 amide bonds. The minimum atomic E-state index is -4.41. The Bertz CT molecular complexity index is 307. The number of halogens is 3. The lowest BCUT2D eigenvalue weighted by Gasteiger charge is -2.42. The normalized spacial score (nSPS) is 30.2. The fourth-order valence-corrected chi connectivity index (χ4v) is 2.89. The molecule has 1 fully saturated rings. The van der Waals surface area contributed by atoms with E-state index in [1.54, 1.807) is 0 Å². The van der Waals surface area contributed by atoms with Crippen LogP contribution in [0.1, 0.15) is 52.9 Å². The smallest absolute Gasteiger partial charge is 0.390 e. The molecule has 1 saturated carbocycles. The Morgan fingerprint density at radius 2 is 1.67 bits per heavy atom. The molecule has 1 N–H and O–H groups in total. The van der Waals surface area contributed by atoms with Crippen molar-refractivity contribution in [1.29, 1.82) is 0 Å². The summed E-state index contributed by atoms with van der Waals surface area (Å²) in [5, 5.41) is 9.14. The third-order valence-electron chi connectivity index (χ3n) is 4.16. The first-order chi connectivity index (χ1) is 7.96. The summed E-state index contributed by atoms with van der Waals surface area (Å²) < 4.78 is 37.5. The van der Waals surface area contributed by atoms with Crippen molar-refractivity contribution in [1.82, 2.24) is 0 Å². The molecule has 1 aliphatic carbocycles. The highest BCUT2D eigenvalue weighted by molar-refractivity contribution is 5.74. The van der Waals surface area contributed by atoms with E-state index in [2.05, 4.69) is 20.8 Å². The van der Waals surface area contributed by atoms with Gasteiger partial charge >= 0.3 is 12.1 Å². The summed E-state index contributed by atoms with van der Waals surface area (Å²) in [6.07, 6.45) is -4.23. The molecule has 0 atom stereocenters. The van der Waals surface area contributed by atoms with Crippen LogP contribution < -0.4 is 0 Å². The molecule has 5 heteroatoms. The molecule has 0 heterocycles. The highest BCUT2D eigenvalue weighted by Crippen LogP contribution is 2.49. The van der Waals surface area contributed by atoms with Gasteiger partial charge in [-0.1, -0.05) is 20.8 Å². The predicted octanol–water partition coefficient (Wildman–Crippen LogP) is 4.25.